The van der Waals surface area contributed by atoms with E-state index >= 15 is 0 Å². The SMILES string of the molecule is CC[N+](CC)(CC)CC.CC[N+](CC)(CC)CC.[H-].[OH-]. The molecule has 0 aromatic heterocycles. The van der Waals surface area contributed by atoms with Crippen LogP contribution in [0.25, 0.3) is 0 Å². The van der Waals surface area contributed by atoms with E-state index in [4.69, 9.17) is 0 Å². The van der Waals surface area contributed by atoms with Gasteiger partial charge in [0, 0.05) is 0 Å². The topological polar surface area (TPSA) is 30.0 Å². The van der Waals surface area contributed by atoms with E-state index in [-0.39, 0.29) is 6.90 Å². The Labute approximate surface area is 124 Å². The van der Waals surface area contributed by atoms with Gasteiger partial charge in [-0.1, -0.05) is 0 Å². The molecule has 0 aromatic rings. The molecule has 0 aromatic carbocycles. The fourth-order valence-corrected chi connectivity index (χ4v) is 2.68. The average molecular weight is 279 g/mol. The van der Waals surface area contributed by atoms with Crippen molar-refractivity contribution >= 4 is 0 Å². The third-order valence-electron chi connectivity index (χ3n) is 5.37. The lowest BCUT2D eigenvalue weighted by Crippen LogP contribution is -2.47. The zero-order valence-corrected chi connectivity index (χ0v) is 15.0. The molecular formula is C16H42N2O. The number of hydrogen-bond donors (Lipinski definition) is 0. The van der Waals surface area contributed by atoms with Gasteiger partial charge in [0.1, 0.15) is 0 Å². The van der Waals surface area contributed by atoms with Gasteiger partial charge in [-0.15, -0.1) is 0 Å². The first-order chi connectivity index (χ1) is 8.49. The maximum absolute atomic E-state index is 2.27. The maximum Gasteiger partial charge on any atom is 0.0757 e. The summed E-state index contributed by atoms with van der Waals surface area (Å²) in [5, 5.41) is 0. The van der Waals surface area contributed by atoms with Crippen molar-refractivity contribution in [1.29, 1.82) is 0 Å². The van der Waals surface area contributed by atoms with Gasteiger partial charge < -0.3 is 15.9 Å². The molecule has 0 fully saturated rings. The summed E-state index contributed by atoms with van der Waals surface area (Å²) < 4.78 is 2.56. The van der Waals surface area contributed by atoms with Crippen LogP contribution < -0.4 is 0 Å². The molecule has 3 nitrogen and oxygen atoms in total. The largest absolute Gasteiger partial charge is 1.00 e. The predicted octanol–water partition coefficient (Wildman–Crippen LogP) is 3.70. The number of nitrogens with zero attached hydrogens (tertiary/aromatic N) is 2. The molecule has 0 heterocycles. The molecule has 0 aliphatic rings. The predicted molar refractivity (Wildman–Crippen MR) is 87.9 cm³/mol. The number of rotatable bonds is 8. The van der Waals surface area contributed by atoms with E-state index in [1.165, 1.54) is 61.3 Å². The minimum absolute atomic E-state index is 0. The van der Waals surface area contributed by atoms with Crippen molar-refractivity contribution in [2.24, 2.45) is 0 Å². The Bertz CT molecular complexity index is 126. The third kappa shape index (κ3) is 7.91. The Kier molecular flexibility index (Phi) is 16.2. The second-order valence-electron chi connectivity index (χ2n) is 5.21. The zero-order valence-electron chi connectivity index (χ0n) is 16.0. The van der Waals surface area contributed by atoms with Crippen LogP contribution in [-0.2, 0) is 0 Å². The molecule has 19 heavy (non-hydrogen) atoms. The van der Waals surface area contributed by atoms with Crippen molar-refractivity contribution < 1.29 is 15.9 Å². The second kappa shape index (κ2) is 12.9. The van der Waals surface area contributed by atoms with Gasteiger partial charge in [-0.2, -0.15) is 0 Å². The molecule has 0 spiro atoms. The zero-order chi connectivity index (χ0) is 14.7. The molecule has 3 heteroatoms. The van der Waals surface area contributed by atoms with Gasteiger partial charge in [0.05, 0.1) is 52.4 Å². The summed E-state index contributed by atoms with van der Waals surface area (Å²) >= 11 is 0. The lowest BCUT2D eigenvalue weighted by atomic mass is 10.3. The lowest BCUT2D eigenvalue weighted by molar-refractivity contribution is -0.921. The lowest BCUT2D eigenvalue weighted by Gasteiger charge is -2.34. The van der Waals surface area contributed by atoms with Crippen LogP contribution in [0, 0.1) is 0 Å². The summed E-state index contributed by atoms with van der Waals surface area (Å²) in [5.74, 6) is 0. The van der Waals surface area contributed by atoms with E-state index in [1.54, 1.807) is 0 Å². The molecule has 122 valence electrons. The molecular weight excluding hydrogens is 236 g/mol. The van der Waals surface area contributed by atoms with Crippen molar-refractivity contribution in [3.8, 4) is 0 Å². The highest BCUT2D eigenvalue weighted by molar-refractivity contribution is 4.31. The van der Waals surface area contributed by atoms with Gasteiger partial charge in [0.15, 0.2) is 0 Å². The number of hydrogen-bond acceptors (Lipinski definition) is 1. The van der Waals surface area contributed by atoms with E-state index in [2.05, 4.69) is 55.4 Å². The van der Waals surface area contributed by atoms with Gasteiger partial charge in [-0.25, -0.2) is 0 Å². The van der Waals surface area contributed by atoms with E-state index in [1.807, 2.05) is 0 Å². The molecule has 0 aliphatic heterocycles. The minimum atomic E-state index is 0. The molecule has 0 saturated heterocycles. The van der Waals surface area contributed by atoms with Crippen LogP contribution in [0.4, 0.5) is 0 Å². The molecule has 0 unspecified atom stereocenters. The smallest absolute Gasteiger partial charge is 0.0757 e. The fraction of sp³-hybridized carbons (Fsp3) is 1.00. The highest BCUT2D eigenvalue weighted by atomic mass is 16.0. The Balaban J connectivity index is -0.000000116. The summed E-state index contributed by atoms with van der Waals surface area (Å²) in [6.45, 7) is 28.4. The van der Waals surface area contributed by atoms with Gasteiger partial charge in [-0.3, -0.25) is 0 Å². The van der Waals surface area contributed by atoms with E-state index < -0.39 is 0 Å². The quantitative estimate of drug-likeness (QED) is 0.623. The standard InChI is InChI=1S/2C8H20N.H2O.H/c2*1-5-9(6-2,7-3)8-4;;/h2*5-8H2,1-4H3;1H2;/q2*+1;;-1/p-1. The van der Waals surface area contributed by atoms with Gasteiger partial charge in [0.25, 0.3) is 0 Å². The Morgan fingerprint density at radius 1 is 0.421 bits per heavy atom. The first-order valence-electron chi connectivity index (χ1n) is 8.19. The summed E-state index contributed by atoms with van der Waals surface area (Å²) in [7, 11) is 0. The van der Waals surface area contributed by atoms with Crippen molar-refractivity contribution in [2.45, 2.75) is 55.4 Å². The molecule has 0 atom stereocenters. The summed E-state index contributed by atoms with van der Waals surface area (Å²) in [5.41, 5.74) is 0. The van der Waals surface area contributed by atoms with Crippen molar-refractivity contribution in [3.63, 3.8) is 0 Å². The van der Waals surface area contributed by atoms with Crippen LogP contribution in [0.2, 0.25) is 0 Å². The fourth-order valence-electron chi connectivity index (χ4n) is 2.68. The molecule has 0 amide bonds. The highest BCUT2D eigenvalue weighted by Crippen LogP contribution is 2.03. The Hall–Kier alpha value is -0.120. The molecule has 0 aliphatic carbocycles. The van der Waals surface area contributed by atoms with E-state index in [0.29, 0.717) is 0 Å². The summed E-state index contributed by atoms with van der Waals surface area (Å²) in [4.78, 5) is 0. The van der Waals surface area contributed by atoms with Crippen LogP contribution in [0.3, 0.4) is 0 Å². The Morgan fingerprint density at radius 2 is 0.526 bits per heavy atom. The normalized spacial score (nSPS) is 11.4. The van der Waals surface area contributed by atoms with Crippen LogP contribution in [0.15, 0.2) is 0 Å². The van der Waals surface area contributed by atoms with Gasteiger partial charge in [0.2, 0.25) is 0 Å². The van der Waals surface area contributed by atoms with Crippen LogP contribution in [-0.4, -0.2) is 66.8 Å². The van der Waals surface area contributed by atoms with E-state index in [0.717, 1.165) is 0 Å². The molecule has 0 rings (SSSR count). The second-order valence-corrected chi connectivity index (χ2v) is 5.21. The minimum Gasteiger partial charge on any atom is -1.00 e. The summed E-state index contributed by atoms with van der Waals surface area (Å²) in [6, 6.07) is 0. The van der Waals surface area contributed by atoms with Crippen molar-refractivity contribution in [1.82, 2.24) is 0 Å². The van der Waals surface area contributed by atoms with Crippen LogP contribution >= 0.6 is 0 Å². The monoisotopic (exact) mass is 278 g/mol. The maximum atomic E-state index is 2.27. The molecule has 0 bridgehead atoms. The molecule has 0 saturated carbocycles. The van der Waals surface area contributed by atoms with Crippen molar-refractivity contribution in [2.75, 3.05) is 52.4 Å². The van der Waals surface area contributed by atoms with E-state index in [9.17, 15) is 0 Å². The summed E-state index contributed by atoms with van der Waals surface area (Å²) in [6.07, 6.45) is 0. The molecule has 1 N–H and O–H groups in total. The highest BCUT2D eigenvalue weighted by Gasteiger charge is 2.16. The molecule has 0 radical (unpaired) electrons. The van der Waals surface area contributed by atoms with Gasteiger partial charge in [-0.05, 0) is 55.4 Å². The van der Waals surface area contributed by atoms with Crippen LogP contribution in [0.5, 0.6) is 0 Å². The first kappa shape index (κ1) is 23.9. The Morgan fingerprint density at radius 3 is 0.526 bits per heavy atom. The van der Waals surface area contributed by atoms with Gasteiger partial charge >= 0.3 is 0 Å². The van der Waals surface area contributed by atoms with Crippen molar-refractivity contribution in [3.05, 3.63) is 0 Å². The first-order valence-corrected chi connectivity index (χ1v) is 8.19. The third-order valence-corrected chi connectivity index (χ3v) is 5.37. The van der Waals surface area contributed by atoms with Crippen LogP contribution in [0.1, 0.15) is 56.8 Å². The average Bonchev–Trinajstić information content (AvgIpc) is 2.46. The number of quaternary nitrogens is 2.